The van der Waals surface area contributed by atoms with Crippen LogP contribution in [-0.4, -0.2) is 46.3 Å². The zero-order valence-corrected chi connectivity index (χ0v) is 9.52. The van der Waals surface area contributed by atoms with E-state index in [2.05, 4.69) is 0 Å². The zero-order valence-electron chi connectivity index (χ0n) is 9.52. The van der Waals surface area contributed by atoms with Gasteiger partial charge in [-0.25, -0.2) is 0 Å². The van der Waals surface area contributed by atoms with Crippen LogP contribution in [-0.2, 0) is 4.79 Å². The van der Waals surface area contributed by atoms with Gasteiger partial charge in [0.1, 0.15) is 18.8 Å². The molecule has 0 saturated heterocycles. The molecule has 19 heavy (non-hydrogen) atoms. The Morgan fingerprint density at radius 3 is 2.37 bits per heavy atom. The van der Waals surface area contributed by atoms with E-state index in [0.717, 1.165) is 6.07 Å². The van der Waals surface area contributed by atoms with E-state index in [4.69, 9.17) is 10.2 Å². The van der Waals surface area contributed by atoms with Crippen LogP contribution in [0.1, 0.15) is 10.4 Å². The van der Waals surface area contributed by atoms with Crippen LogP contribution in [0.2, 0.25) is 0 Å². The van der Waals surface area contributed by atoms with Crippen molar-refractivity contribution in [2.75, 3.05) is 13.1 Å². The second-order valence-corrected chi connectivity index (χ2v) is 3.72. The van der Waals surface area contributed by atoms with E-state index in [0.29, 0.717) is 0 Å². The molecule has 104 valence electrons. The van der Waals surface area contributed by atoms with E-state index in [1.807, 2.05) is 0 Å². The molecular formula is C11H10F3NO4. The van der Waals surface area contributed by atoms with Gasteiger partial charge >= 0.3 is 12.1 Å². The molecule has 0 aromatic heterocycles. The largest absolute Gasteiger partial charge is 0.508 e. The Morgan fingerprint density at radius 2 is 1.89 bits per heavy atom. The summed E-state index contributed by atoms with van der Waals surface area (Å²) >= 11 is 0. The molecule has 0 bridgehead atoms. The molecule has 1 aromatic carbocycles. The average molecular weight is 277 g/mol. The van der Waals surface area contributed by atoms with Crippen LogP contribution in [0.25, 0.3) is 0 Å². The van der Waals surface area contributed by atoms with Crippen molar-refractivity contribution in [1.82, 2.24) is 4.90 Å². The normalized spacial score (nSPS) is 11.1. The minimum Gasteiger partial charge on any atom is -0.508 e. The van der Waals surface area contributed by atoms with Crippen molar-refractivity contribution in [1.29, 1.82) is 0 Å². The lowest BCUT2D eigenvalue weighted by molar-refractivity contribution is -0.149. The molecule has 0 aliphatic rings. The first-order valence-electron chi connectivity index (χ1n) is 5.06. The second kappa shape index (κ2) is 5.59. The van der Waals surface area contributed by atoms with Crippen molar-refractivity contribution in [3.05, 3.63) is 29.8 Å². The van der Waals surface area contributed by atoms with E-state index < -0.39 is 31.1 Å². The molecule has 5 nitrogen and oxygen atoms in total. The van der Waals surface area contributed by atoms with Gasteiger partial charge in [-0.2, -0.15) is 13.2 Å². The number of aromatic hydroxyl groups is 1. The average Bonchev–Trinajstić information content (AvgIpc) is 2.24. The molecule has 8 heteroatoms. The molecule has 0 atom stereocenters. The van der Waals surface area contributed by atoms with Gasteiger partial charge in [0.2, 0.25) is 0 Å². The van der Waals surface area contributed by atoms with Crippen LogP contribution in [0.4, 0.5) is 13.2 Å². The van der Waals surface area contributed by atoms with Gasteiger partial charge in [-0.3, -0.25) is 9.59 Å². The maximum absolute atomic E-state index is 12.3. The topological polar surface area (TPSA) is 77.8 Å². The maximum atomic E-state index is 12.3. The fourth-order valence-electron chi connectivity index (χ4n) is 1.40. The number of rotatable bonds is 4. The van der Waals surface area contributed by atoms with Crippen LogP contribution < -0.4 is 0 Å². The highest BCUT2D eigenvalue weighted by Crippen LogP contribution is 2.19. The lowest BCUT2D eigenvalue weighted by Crippen LogP contribution is -2.42. The van der Waals surface area contributed by atoms with Gasteiger partial charge in [-0.05, 0) is 18.2 Å². The summed E-state index contributed by atoms with van der Waals surface area (Å²) in [5, 5.41) is 17.7. The number of phenols is 1. The second-order valence-electron chi connectivity index (χ2n) is 3.72. The fraction of sp³-hybridized carbons (Fsp3) is 0.273. The maximum Gasteiger partial charge on any atom is 0.406 e. The summed E-state index contributed by atoms with van der Waals surface area (Å²) < 4.78 is 36.8. The summed E-state index contributed by atoms with van der Waals surface area (Å²) in [7, 11) is 0. The van der Waals surface area contributed by atoms with Gasteiger partial charge in [0.05, 0.1) is 0 Å². The van der Waals surface area contributed by atoms with Crippen molar-refractivity contribution in [2.45, 2.75) is 6.18 Å². The molecule has 1 rings (SSSR count). The minimum absolute atomic E-state index is 0.150. The molecular weight excluding hydrogens is 267 g/mol. The number of phenolic OH excluding ortho intramolecular Hbond substituents is 1. The lowest BCUT2D eigenvalue weighted by atomic mass is 10.2. The fourth-order valence-corrected chi connectivity index (χ4v) is 1.40. The molecule has 2 N–H and O–H groups in total. The quantitative estimate of drug-likeness (QED) is 0.873. The first-order valence-corrected chi connectivity index (χ1v) is 5.06. The van der Waals surface area contributed by atoms with Gasteiger partial charge in [0.15, 0.2) is 0 Å². The lowest BCUT2D eigenvalue weighted by Gasteiger charge is -2.22. The molecule has 1 amide bonds. The number of benzene rings is 1. The molecule has 0 aliphatic carbocycles. The molecule has 0 unspecified atom stereocenters. The number of hydrogen-bond donors (Lipinski definition) is 2. The van der Waals surface area contributed by atoms with Crippen LogP contribution in [0.5, 0.6) is 5.75 Å². The van der Waals surface area contributed by atoms with Gasteiger partial charge in [-0.1, -0.05) is 6.07 Å². The number of carboxylic acid groups (broad SMARTS) is 1. The Labute approximate surface area is 105 Å². The number of amides is 1. The number of nitrogens with zero attached hydrogens (tertiary/aromatic N) is 1. The summed E-state index contributed by atoms with van der Waals surface area (Å²) in [5.74, 6) is -2.97. The zero-order chi connectivity index (χ0) is 14.6. The van der Waals surface area contributed by atoms with E-state index in [1.54, 1.807) is 0 Å². The first kappa shape index (κ1) is 14.8. The standard InChI is InChI=1S/C11H10F3NO4/c12-11(13,14)6-15(5-9(17)18)10(19)7-2-1-3-8(16)4-7/h1-4,16H,5-6H2,(H,17,18). The van der Waals surface area contributed by atoms with Crippen LogP contribution >= 0.6 is 0 Å². The molecule has 0 heterocycles. The molecule has 0 aliphatic heterocycles. The number of carboxylic acids is 1. The summed E-state index contributed by atoms with van der Waals surface area (Å²) in [6.45, 7) is -2.75. The molecule has 0 spiro atoms. The number of halogens is 3. The summed E-state index contributed by atoms with van der Waals surface area (Å²) in [6.07, 6.45) is -4.71. The number of hydrogen-bond acceptors (Lipinski definition) is 3. The van der Waals surface area contributed by atoms with Crippen LogP contribution in [0, 0.1) is 0 Å². The van der Waals surface area contributed by atoms with Gasteiger partial charge in [0, 0.05) is 5.56 Å². The highest BCUT2D eigenvalue weighted by molar-refractivity contribution is 5.96. The van der Waals surface area contributed by atoms with Crippen molar-refractivity contribution >= 4 is 11.9 Å². The van der Waals surface area contributed by atoms with Crippen molar-refractivity contribution in [3.63, 3.8) is 0 Å². The van der Waals surface area contributed by atoms with E-state index in [1.165, 1.54) is 18.2 Å². The molecule has 0 saturated carbocycles. The number of carbonyl (C=O) groups is 2. The van der Waals surface area contributed by atoms with Crippen molar-refractivity contribution in [2.24, 2.45) is 0 Å². The van der Waals surface area contributed by atoms with Crippen LogP contribution in [0.15, 0.2) is 24.3 Å². The third-order valence-electron chi connectivity index (χ3n) is 2.08. The van der Waals surface area contributed by atoms with Crippen LogP contribution in [0.3, 0.4) is 0 Å². The monoisotopic (exact) mass is 277 g/mol. The van der Waals surface area contributed by atoms with Crippen molar-refractivity contribution < 1.29 is 33.0 Å². The van der Waals surface area contributed by atoms with Crippen molar-refractivity contribution in [3.8, 4) is 5.75 Å². The van der Waals surface area contributed by atoms with E-state index in [9.17, 15) is 22.8 Å². The molecule has 1 aromatic rings. The Kier molecular flexibility index (Phi) is 4.36. The number of carbonyl (C=O) groups excluding carboxylic acids is 1. The minimum atomic E-state index is -4.71. The highest BCUT2D eigenvalue weighted by Gasteiger charge is 2.34. The summed E-state index contributed by atoms with van der Waals surface area (Å²) in [5.41, 5.74) is -0.217. The predicted molar refractivity (Wildman–Crippen MR) is 57.7 cm³/mol. The SMILES string of the molecule is O=C(O)CN(CC(F)(F)F)C(=O)c1cccc(O)c1. The third-order valence-corrected chi connectivity index (χ3v) is 2.08. The van der Waals surface area contributed by atoms with E-state index in [-0.39, 0.29) is 16.2 Å². The third kappa shape index (κ3) is 4.86. The number of aliphatic carboxylic acids is 1. The Morgan fingerprint density at radius 1 is 1.26 bits per heavy atom. The van der Waals surface area contributed by atoms with Gasteiger partial charge in [0.25, 0.3) is 5.91 Å². The Hall–Kier alpha value is -2.25. The predicted octanol–water partition coefficient (Wildman–Crippen LogP) is 1.48. The molecule has 0 fully saturated rings. The highest BCUT2D eigenvalue weighted by atomic mass is 19.4. The molecule has 0 radical (unpaired) electrons. The number of alkyl halides is 3. The summed E-state index contributed by atoms with van der Waals surface area (Å²) in [4.78, 5) is 22.4. The Balaban J connectivity index is 2.97. The summed E-state index contributed by atoms with van der Waals surface area (Å²) in [6, 6.07) is 4.66. The van der Waals surface area contributed by atoms with Gasteiger partial charge < -0.3 is 15.1 Å². The first-order chi connectivity index (χ1) is 8.69. The smallest absolute Gasteiger partial charge is 0.406 e. The Bertz CT molecular complexity index is 487. The van der Waals surface area contributed by atoms with E-state index >= 15 is 0 Å². The van der Waals surface area contributed by atoms with Gasteiger partial charge in [-0.15, -0.1) is 0 Å².